The number of aromatic nitrogens is 1. The predicted molar refractivity (Wildman–Crippen MR) is 114 cm³/mol. The van der Waals surface area contributed by atoms with Crippen molar-refractivity contribution in [2.24, 2.45) is 0 Å². The molecular formula is C25H21NO2. The summed E-state index contributed by atoms with van der Waals surface area (Å²) in [5.74, 6) is 0.756. The van der Waals surface area contributed by atoms with Crippen molar-refractivity contribution in [1.82, 2.24) is 4.57 Å². The van der Waals surface area contributed by atoms with Gasteiger partial charge in [0.15, 0.2) is 5.43 Å². The smallest absolute Gasteiger partial charge is 0.185 e. The van der Waals surface area contributed by atoms with Gasteiger partial charge in [0, 0.05) is 22.9 Å². The van der Waals surface area contributed by atoms with Gasteiger partial charge in [0.25, 0.3) is 0 Å². The fraction of sp³-hybridized carbons (Fsp3) is 0.0800. The van der Waals surface area contributed by atoms with Gasteiger partial charge in [-0.2, -0.15) is 0 Å². The summed E-state index contributed by atoms with van der Waals surface area (Å²) in [6.45, 7) is 1.89. The van der Waals surface area contributed by atoms with Crippen LogP contribution in [0, 0.1) is 6.92 Å². The fourth-order valence-electron chi connectivity index (χ4n) is 3.48. The van der Waals surface area contributed by atoms with Crippen molar-refractivity contribution >= 4 is 0 Å². The van der Waals surface area contributed by atoms with Crippen LogP contribution in [0.1, 0.15) is 5.56 Å². The molecule has 0 amide bonds. The van der Waals surface area contributed by atoms with E-state index < -0.39 is 0 Å². The molecule has 0 fully saturated rings. The van der Waals surface area contributed by atoms with Gasteiger partial charge in [-0.15, -0.1) is 0 Å². The van der Waals surface area contributed by atoms with Crippen LogP contribution < -0.4 is 10.2 Å². The molecule has 0 spiro atoms. The van der Waals surface area contributed by atoms with Crippen molar-refractivity contribution in [1.29, 1.82) is 0 Å². The van der Waals surface area contributed by atoms with Gasteiger partial charge in [-0.25, -0.2) is 0 Å². The fourth-order valence-corrected chi connectivity index (χ4v) is 3.48. The largest absolute Gasteiger partial charge is 0.497 e. The third-order valence-corrected chi connectivity index (χ3v) is 4.88. The summed E-state index contributed by atoms with van der Waals surface area (Å²) in [5.41, 5.74) is 5.41. The molecule has 0 aliphatic rings. The lowest BCUT2D eigenvalue weighted by molar-refractivity contribution is 0.415. The van der Waals surface area contributed by atoms with Crippen molar-refractivity contribution in [3.05, 3.63) is 107 Å². The van der Waals surface area contributed by atoms with Gasteiger partial charge >= 0.3 is 0 Å². The quantitative estimate of drug-likeness (QED) is 0.478. The van der Waals surface area contributed by atoms with Gasteiger partial charge in [-0.3, -0.25) is 4.79 Å². The van der Waals surface area contributed by atoms with E-state index in [0.29, 0.717) is 0 Å². The lowest BCUT2D eigenvalue weighted by Gasteiger charge is -2.21. The Morgan fingerprint density at radius 1 is 0.750 bits per heavy atom. The third kappa shape index (κ3) is 3.23. The van der Waals surface area contributed by atoms with E-state index in [4.69, 9.17) is 4.74 Å². The first kappa shape index (κ1) is 17.8. The molecule has 3 aromatic carbocycles. The number of benzene rings is 3. The van der Waals surface area contributed by atoms with Crippen LogP contribution in [0.15, 0.2) is 95.8 Å². The maximum absolute atomic E-state index is 12.9. The molecule has 0 atom stereocenters. The molecule has 0 saturated heterocycles. The summed E-state index contributed by atoms with van der Waals surface area (Å²) in [6.07, 6.45) is 0. The van der Waals surface area contributed by atoms with Crippen LogP contribution in [0.5, 0.6) is 5.75 Å². The monoisotopic (exact) mass is 367 g/mol. The van der Waals surface area contributed by atoms with E-state index in [9.17, 15) is 4.79 Å². The van der Waals surface area contributed by atoms with Crippen molar-refractivity contribution in [2.75, 3.05) is 7.11 Å². The first-order chi connectivity index (χ1) is 13.7. The van der Waals surface area contributed by atoms with Crippen LogP contribution in [0.4, 0.5) is 0 Å². The van der Waals surface area contributed by atoms with Gasteiger partial charge < -0.3 is 9.30 Å². The van der Waals surface area contributed by atoms with Gasteiger partial charge in [-0.05, 0) is 36.8 Å². The Morgan fingerprint density at radius 2 is 1.39 bits per heavy atom. The summed E-state index contributed by atoms with van der Waals surface area (Å²) in [6, 6.07) is 29.7. The van der Waals surface area contributed by atoms with Crippen molar-refractivity contribution < 1.29 is 4.74 Å². The van der Waals surface area contributed by atoms with Crippen LogP contribution in [0.2, 0.25) is 0 Å². The Bertz CT molecular complexity index is 1160. The molecule has 1 aromatic heterocycles. The molecule has 28 heavy (non-hydrogen) atoms. The number of para-hydroxylation sites is 1. The lowest BCUT2D eigenvalue weighted by atomic mass is 10.0. The van der Waals surface area contributed by atoms with Gasteiger partial charge in [0.05, 0.1) is 18.5 Å². The summed E-state index contributed by atoms with van der Waals surface area (Å²) >= 11 is 0. The maximum Gasteiger partial charge on any atom is 0.185 e. The Hall–Kier alpha value is -3.59. The minimum atomic E-state index is 0.0175. The highest BCUT2D eigenvalue weighted by molar-refractivity contribution is 5.74. The minimum Gasteiger partial charge on any atom is -0.497 e. The van der Waals surface area contributed by atoms with E-state index >= 15 is 0 Å². The van der Waals surface area contributed by atoms with E-state index in [2.05, 4.69) is 16.7 Å². The zero-order valence-corrected chi connectivity index (χ0v) is 15.9. The number of methoxy groups -OCH3 is 1. The normalized spacial score (nSPS) is 10.6. The summed E-state index contributed by atoms with van der Waals surface area (Å²) in [7, 11) is 1.65. The number of nitrogens with zero attached hydrogens (tertiary/aromatic N) is 1. The Kier molecular flexibility index (Phi) is 4.81. The molecule has 4 rings (SSSR count). The second kappa shape index (κ2) is 7.57. The van der Waals surface area contributed by atoms with E-state index in [-0.39, 0.29) is 5.43 Å². The van der Waals surface area contributed by atoms with Crippen LogP contribution in [0.25, 0.3) is 28.2 Å². The summed E-state index contributed by atoms with van der Waals surface area (Å²) in [4.78, 5) is 12.9. The van der Waals surface area contributed by atoms with Gasteiger partial charge in [-0.1, -0.05) is 60.7 Å². The van der Waals surface area contributed by atoms with Crippen LogP contribution in [-0.2, 0) is 0 Å². The van der Waals surface area contributed by atoms with Gasteiger partial charge in [0.2, 0.25) is 0 Å². The molecule has 0 N–H and O–H groups in total. The molecule has 3 nitrogen and oxygen atoms in total. The summed E-state index contributed by atoms with van der Waals surface area (Å²) < 4.78 is 7.56. The molecule has 138 valence electrons. The standard InChI is InChI=1S/C25H21NO2/c1-18-24(27)17-23(20-12-9-15-22(16-20)28-2)26(21-13-7-4-8-14-21)25(18)19-10-5-3-6-11-19/h3-17H,1-2H3. The number of ether oxygens (including phenoxy) is 1. The van der Waals surface area contributed by atoms with Crippen molar-refractivity contribution in [3.63, 3.8) is 0 Å². The SMILES string of the molecule is COc1cccc(-c2cc(=O)c(C)c(-c3ccccc3)n2-c2ccccc2)c1. The summed E-state index contributed by atoms with van der Waals surface area (Å²) in [5, 5.41) is 0. The number of hydrogen-bond donors (Lipinski definition) is 0. The first-order valence-corrected chi connectivity index (χ1v) is 9.21. The van der Waals surface area contributed by atoms with E-state index in [1.165, 1.54) is 0 Å². The third-order valence-electron chi connectivity index (χ3n) is 4.88. The molecule has 4 aromatic rings. The highest BCUT2D eigenvalue weighted by Gasteiger charge is 2.17. The molecular weight excluding hydrogens is 346 g/mol. The second-order valence-corrected chi connectivity index (χ2v) is 6.64. The molecule has 0 aliphatic heterocycles. The topological polar surface area (TPSA) is 31.2 Å². The Morgan fingerprint density at radius 3 is 2.07 bits per heavy atom. The molecule has 3 heteroatoms. The molecule has 0 saturated carbocycles. The van der Waals surface area contributed by atoms with E-state index in [1.54, 1.807) is 13.2 Å². The van der Waals surface area contributed by atoms with E-state index in [0.717, 1.165) is 39.5 Å². The molecule has 0 radical (unpaired) electrons. The van der Waals surface area contributed by atoms with Crippen LogP contribution >= 0.6 is 0 Å². The number of pyridine rings is 1. The van der Waals surface area contributed by atoms with Crippen LogP contribution in [0.3, 0.4) is 0 Å². The van der Waals surface area contributed by atoms with Crippen molar-refractivity contribution in [3.8, 4) is 34.0 Å². The molecule has 0 unspecified atom stereocenters. The number of hydrogen-bond acceptors (Lipinski definition) is 2. The van der Waals surface area contributed by atoms with E-state index in [1.807, 2.05) is 79.7 Å². The average molecular weight is 367 g/mol. The predicted octanol–water partition coefficient (Wildman–Crippen LogP) is 5.49. The number of rotatable bonds is 4. The highest BCUT2D eigenvalue weighted by Crippen LogP contribution is 2.32. The minimum absolute atomic E-state index is 0.0175. The molecule has 1 heterocycles. The first-order valence-electron chi connectivity index (χ1n) is 9.21. The zero-order valence-electron chi connectivity index (χ0n) is 15.9. The van der Waals surface area contributed by atoms with Crippen molar-refractivity contribution in [2.45, 2.75) is 6.92 Å². The zero-order chi connectivity index (χ0) is 19.5. The average Bonchev–Trinajstić information content (AvgIpc) is 2.76. The second-order valence-electron chi connectivity index (χ2n) is 6.64. The Labute approximate surface area is 164 Å². The molecule has 0 aliphatic carbocycles. The highest BCUT2D eigenvalue weighted by atomic mass is 16.5. The molecule has 0 bridgehead atoms. The van der Waals surface area contributed by atoms with Gasteiger partial charge in [0.1, 0.15) is 5.75 Å². The van der Waals surface area contributed by atoms with Crippen LogP contribution in [-0.4, -0.2) is 11.7 Å². The maximum atomic E-state index is 12.9. The Balaban J connectivity index is 2.12. The lowest BCUT2D eigenvalue weighted by Crippen LogP contribution is -2.15.